The van der Waals surface area contributed by atoms with E-state index in [2.05, 4.69) is 46.1 Å². The van der Waals surface area contributed by atoms with Gasteiger partial charge in [-0.05, 0) is 102 Å². The van der Waals surface area contributed by atoms with Crippen LogP contribution in [0.2, 0.25) is 0 Å². The number of anilines is 1. The lowest BCUT2D eigenvalue weighted by molar-refractivity contribution is -0.0163. The first-order valence-corrected chi connectivity index (χ1v) is 18.9. The highest BCUT2D eigenvalue weighted by Gasteiger charge is 2.33. The molecule has 8 nitrogen and oxygen atoms in total. The van der Waals surface area contributed by atoms with Crippen LogP contribution in [0.4, 0.5) is 10.5 Å². The molecule has 0 spiro atoms. The maximum absolute atomic E-state index is 12.9. The summed E-state index contributed by atoms with van der Waals surface area (Å²) in [5.41, 5.74) is 3.55. The topological polar surface area (TPSA) is 66.5 Å². The van der Waals surface area contributed by atoms with Gasteiger partial charge in [0.2, 0.25) is 0 Å². The molecule has 50 heavy (non-hydrogen) atoms. The zero-order chi connectivity index (χ0) is 35.2. The van der Waals surface area contributed by atoms with Gasteiger partial charge in [-0.15, -0.1) is 0 Å². The molecule has 1 N–H and O–H groups in total. The Labute approximate surface area is 301 Å². The Bertz CT molecular complexity index is 1430. The van der Waals surface area contributed by atoms with Crippen LogP contribution in [0.3, 0.4) is 0 Å². The Morgan fingerprint density at radius 2 is 1.40 bits per heavy atom. The molecule has 1 amide bonds. The summed E-state index contributed by atoms with van der Waals surface area (Å²) in [6.45, 7) is 9.45. The van der Waals surface area contributed by atoms with Gasteiger partial charge in [-0.25, -0.2) is 4.79 Å². The van der Waals surface area contributed by atoms with E-state index < -0.39 is 5.60 Å². The van der Waals surface area contributed by atoms with Crippen LogP contribution < -0.4 is 14.8 Å². The van der Waals surface area contributed by atoms with Crippen LogP contribution in [0.1, 0.15) is 76.7 Å². The summed E-state index contributed by atoms with van der Waals surface area (Å²) in [5, 5.41) is 3.01. The summed E-state index contributed by atoms with van der Waals surface area (Å²) in [7, 11) is 5.79. The number of ether oxygens (including phenoxy) is 3. The van der Waals surface area contributed by atoms with Crippen LogP contribution in [0.5, 0.6) is 11.5 Å². The van der Waals surface area contributed by atoms with Crippen LogP contribution in [0.15, 0.2) is 72.8 Å². The van der Waals surface area contributed by atoms with E-state index in [0.717, 1.165) is 86.0 Å². The van der Waals surface area contributed by atoms with Crippen molar-refractivity contribution in [2.24, 2.45) is 0 Å². The molecule has 2 saturated heterocycles. The molecule has 0 bridgehead atoms. The molecule has 2 fully saturated rings. The number of hydrogen-bond acceptors (Lipinski definition) is 7. The Kier molecular flexibility index (Phi) is 14.4. The van der Waals surface area contributed by atoms with E-state index in [1.54, 1.807) is 14.2 Å². The van der Waals surface area contributed by atoms with Crippen molar-refractivity contribution in [1.82, 2.24) is 14.7 Å². The number of methoxy groups -OCH3 is 2. The van der Waals surface area contributed by atoms with Gasteiger partial charge in [0.25, 0.3) is 0 Å². The first-order chi connectivity index (χ1) is 24.4. The van der Waals surface area contributed by atoms with Crippen molar-refractivity contribution in [3.8, 4) is 22.6 Å². The fourth-order valence-corrected chi connectivity index (χ4v) is 7.58. The van der Waals surface area contributed by atoms with Gasteiger partial charge >= 0.3 is 6.09 Å². The van der Waals surface area contributed by atoms with Gasteiger partial charge in [0, 0.05) is 31.2 Å². The number of benzene rings is 3. The van der Waals surface area contributed by atoms with Crippen LogP contribution in [-0.2, 0) is 11.3 Å². The van der Waals surface area contributed by atoms with Crippen LogP contribution in [0, 0.1) is 0 Å². The zero-order valence-electron chi connectivity index (χ0n) is 31.0. The van der Waals surface area contributed by atoms with Gasteiger partial charge in [-0.3, -0.25) is 10.2 Å². The molecule has 272 valence electrons. The van der Waals surface area contributed by atoms with Gasteiger partial charge < -0.3 is 24.0 Å². The number of carbonyl (C=O) groups excluding carboxylic acids is 1. The number of hydrogen-bond donors (Lipinski definition) is 1. The van der Waals surface area contributed by atoms with Crippen molar-refractivity contribution in [3.63, 3.8) is 0 Å². The second kappa shape index (κ2) is 19.1. The van der Waals surface area contributed by atoms with Gasteiger partial charge in [0.15, 0.2) is 0 Å². The third-order valence-corrected chi connectivity index (χ3v) is 10.8. The molecule has 0 aromatic heterocycles. The summed E-state index contributed by atoms with van der Waals surface area (Å²) in [5.74, 6) is 1.82. The van der Waals surface area contributed by atoms with Gasteiger partial charge in [-0.1, -0.05) is 80.3 Å². The summed E-state index contributed by atoms with van der Waals surface area (Å²) in [6.07, 6.45) is 11.6. The number of piperidine rings is 2. The van der Waals surface area contributed by atoms with E-state index in [-0.39, 0.29) is 6.09 Å². The van der Waals surface area contributed by atoms with Crippen molar-refractivity contribution in [2.45, 2.75) is 89.3 Å². The predicted octanol–water partition coefficient (Wildman–Crippen LogP) is 8.71. The van der Waals surface area contributed by atoms with Crippen LogP contribution in [0.25, 0.3) is 11.1 Å². The molecule has 2 aliphatic heterocycles. The summed E-state index contributed by atoms with van der Waals surface area (Å²) < 4.78 is 17.2. The van der Waals surface area contributed by atoms with Crippen molar-refractivity contribution in [2.75, 3.05) is 65.9 Å². The number of amides is 1. The smallest absolute Gasteiger partial charge is 0.412 e. The monoisotopic (exact) mass is 684 g/mol. The molecule has 2 aliphatic rings. The number of likely N-dealkylation sites (tertiary alicyclic amines) is 2. The molecule has 2 heterocycles. The minimum atomic E-state index is -0.434. The Morgan fingerprint density at radius 1 is 0.780 bits per heavy atom. The maximum atomic E-state index is 12.9. The summed E-state index contributed by atoms with van der Waals surface area (Å²) in [4.78, 5) is 20.6. The normalized spacial score (nSPS) is 17.1. The van der Waals surface area contributed by atoms with Crippen molar-refractivity contribution in [1.29, 1.82) is 0 Å². The fraction of sp³-hybridized carbons (Fsp3) is 0.548. The molecular formula is C42H60N4O4. The van der Waals surface area contributed by atoms with Crippen molar-refractivity contribution < 1.29 is 19.0 Å². The Balaban J connectivity index is 0.896. The molecule has 3 aromatic carbocycles. The highest BCUT2D eigenvalue weighted by atomic mass is 16.6. The van der Waals surface area contributed by atoms with E-state index in [4.69, 9.17) is 14.2 Å². The average Bonchev–Trinajstić information content (AvgIpc) is 3.14. The second-order valence-electron chi connectivity index (χ2n) is 14.5. The number of carbonyl (C=O) groups is 1. The zero-order valence-corrected chi connectivity index (χ0v) is 31.0. The summed E-state index contributed by atoms with van der Waals surface area (Å²) in [6, 6.07) is 24.7. The van der Waals surface area contributed by atoms with E-state index in [1.165, 1.54) is 57.9 Å². The lowest BCUT2D eigenvalue weighted by Crippen LogP contribution is -2.46. The molecule has 0 unspecified atom stereocenters. The molecule has 0 aliphatic carbocycles. The molecule has 8 heteroatoms. The van der Waals surface area contributed by atoms with E-state index in [0.29, 0.717) is 6.04 Å². The first kappa shape index (κ1) is 37.7. The lowest BCUT2D eigenvalue weighted by atomic mass is 9.93. The number of para-hydroxylation sites is 1. The third-order valence-electron chi connectivity index (χ3n) is 10.8. The van der Waals surface area contributed by atoms with Gasteiger partial charge in [0.05, 0.1) is 25.5 Å². The standard InChI is InChI=1S/C42H60N4O4/c1-42(50-41(47)43-38-20-13-12-19-36(38)34-17-10-9-11-18-34)25-31-45(32-26-42)28-15-8-6-5-7-14-27-44(2)35-23-29-46(30-24-35)33-37-39(48-3)21-16-22-40(37)49-4/h9-13,16-22,35H,5-8,14-15,23-33H2,1-4H3,(H,43,47). The molecule has 3 aromatic rings. The molecule has 0 radical (unpaired) electrons. The second-order valence-corrected chi connectivity index (χ2v) is 14.5. The lowest BCUT2D eigenvalue weighted by Gasteiger charge is -2.38. The largest absolute Gasteiger partial charge is 0.496 e. The highest BCUT2D eigenvalue weighted by molar-refractivity contribution is 5.91. The van der Waals surface area contributed by atoms with E-state index in [9.17, 15) is 4.79 Å². The van der Waals surface area contributed by atoms with E-state index in [1.807, 2.05) is 60.7 Å². The highest BCUT2D eigenvalue weighted by Crippen LogP contribution is 2.32. The summed E-state index contributed by atoms with van der Waals surface area (Å²) >= 11 is 0. The maximum Gasteiger partial charge on any atom is 0.412 e. The minimum Gasteiger partial charge on any atom is -0.496 e. The Morgan fingerprint density at radius 3 is 2.08 bits per heavy atom. The predicted molar refractivity (Wildman–Crippen MR) is 204 cm³/mol. The van der Waals surface area contributed by atoms with Gasteiger partial charge in [0.1, 0.15) is 17.1 Å². The fourth-order valence-electron chi connectivity index (χ4n) is 7.58. The van der Waals surface area contributed by atoms with Crippen LogP contribution >= 0.6 is 0 Å². The molecule has 0 atom stereocenters. The van der Waals surface area contributed by atoms with Crippen molar-refractivity contribution >= 4 is 11.8 Å². The SMILES string of the molecule is COc1cccc(OC)c1CN1CCC(N(C)CCCCCCCCN2CCC(C)(OC(=O)Nc3ccccc3-c3ccccc3)CC2)CC1. The van der Waals surface area contributed by atoms with Crippen molar-refractivity contribution in [3.05, 3.63) is 78.4 Å². The molecule has 5 rings (SSSR count). The quantitative estimate of drug-likeness (QED) is 0.143. The number of unbranched alkanes of at least 4 members (excludes halogenated alkanes) is 5. The average molecular weight is 685 g/mol. The first-order valence-electron chi connectivity index (χ1n) is 18.9. The molecular weight excluding hydrogens is 624 g/mol. The molecule has 0 saturated carbocycles. The third kappa shape index (κ3) is 11.0. The Hall–Kier alpha value is -3.59. The number of rotatable bonds is 17. The number of nitrogens with zero attached hydrogens (tertiary/aromatic N) is 3. The van der Waals surface area contributed by atoms with E-state index >= 15 is 0 Å². The van der Waals surface area contributed by atoms with Gasteiger partial charge in [-0.2, -0.15) is 0 Å². The minimum absolute atomic E-state index is 0.373. The number of nitrogens with one attached hydrogen (secondary N) is 1. The van der Waals surface area contributed by atoms with Crippen LogP contribution in [-0.4, -0.2) is 93.0 Å².